The summed E-state index contributed by atoms with van der Waals surface area (Å²) in [6.45, 7) is 8.05. The summed E-state index contributed by atoms with van der Waals surface area (Å²) in [5, 5.41) is 11.1. The number of rotatable bonds is 4. The molecule has 0 amide bonds. The van der Waals surface area contributed by atoms with E-state index >= 15 is 0 Å². The lowest BCUT2D eigenvalue weighted by Crippen LogP contribution is -2.50. The fourth-order valence-electron chi connectivity index (χ4n) is 4.86. The maximum absolute atomic E-state index is 11.1. The Hall–Kier alpha value is -0.0800. The van der Waals surface area contributed by atoms with Crippen LogP contribution in [0.4, 0.5) is 0 Å². The highest BCUT2D eigenvalue weighted by molar-refractivity contribution is 5.19. The van der Waals surface area contributed by atoms with E-state index in [4.69, 9.17) is 0 Å². The van der Waals surface area contributed by atoms with Crippen molar-refractivity contribution < 1.29 is 5.11 Å². The second kappa shape index (κ2) is 3.96. The Morgan fingerprint density at radius 1 is 1.29 bits per heavy atom. The first kappa shape index (κ1) is 13.4. The molecule has 2 nitrogen and oxygen atoms in total. The third-order valence-electron chi connectivity index (χ3n) is 6.22. The molecule has 100 valence electrons. The van der Waals surface area contributed by atoms with Gasteiger partial charge in [0.25, 0.3) is 0 Å². The minimum absolute atomic E-state index is 0.156. The topological polar surface area (TPSA) is 23.5 Å². The van der Waals surface area contributed by atoms with Crippen LogP contribution in [0.25, 0.3) is 0 Å². The molecule has 2 saturated carbocycles. The summed E-state index contributed by atoms with van der Waals surface area (Å²) >= 11 is 0. The normalized spacial score (nSPS) is 43.6. The smallest absolute Gasteiger partial charge is 0.0709 e. The van der Waals surface area contributed by atoms with Gasteiger partial charge in [0.2, 0.25) is 0 Å². The molecule has 0 radical (unpaired) electrons. The van der Waals surface area contributed by atoms with Gasteiger partial charge in [-0.15, -0.1) is 0 Å². The molecule has 2 fully saturated rings. The van der Waals surface area contributed by atoms with E-state index in [0.29, 0.717) is 5.41 Å². The van der Waals surface area contributed by atoms with Gasteiger partial charge in [-0.25, -0.2) is 0 Å². The minimum Gasteiger partial charge on any atom is -0.389 e. The van der Waals surface area contributed by atoms with Gasteiger partial charge in [-0.3, -0.25) is 0 Å². The molecule has 2 aliphatic carbocycles. The zero-order chi connectivity index (χ0) is 12.9. The Kier molecular flexibility index (Phi) is 3.11. The van der Waals surface area contributed by atoms with Gasteiger partial charge in [-0.1, -0.05) is 20.8 Å². The van der Waals surface area contributed by atoms with E-state index < -0.39 is 5.60 Å². The van der Waals surface area contributed by atoms with Crippen molar-refractivity contribution in [1.82, 2.24) is 4.90 Å². The van der Waals surface area contributed by atoms with Crippen LogP contribution in [0.5, 0.6) is 0 Å². The molecule has 0 aliphatic heterocycles. The predicted molar refractivity (Wildman–Crippen MR) is 72.0 cm³/mol. The van der Waals surface area contributed by atoms with E-state index in [1.165, 1.54) is 12.8 Å². The van der Waals surface area contributed by atoms with E-state index in [0.717, 1.165) is 31.7 Å². The van der Waals surface area contributed by atoms with Crippen molar-refractivity contribution in [2.45, 2.75) is 58.5 Å². The highest BCUT2D eigenvalue weighted by Gasteiger charge is 2.69. The van der Waals surface area contributed by atoms with Crippen molar-refractivity contribution in [2.24, 2.45) is 16.7 Å². The average Bonchev–Trinajstić information content (AvgIpc) is 2.59. The maximum atomic E-state index is 11.1. The molecule has 0 aromatic heterocycles. The van der Waals surface area contributed by atoms with E-state index in [9.17, 15) is 5.11 Å². The number of hydrogen-bond donors (Lipinski definition) is 1. The van der Waals surface area contributed by atoms with Crippen molar-refractivity contribution in [2.75, 3.05) is 20.6 Å². The molecule has 2 aliphatic rings. The molecule has 0 heterocycles. The number of fused-ring (bicyclic) bond motifs is 2. The lowest BCUT2D eigenvalue weighted by molar-refractivity contribution is -0.109. The third-order valence-corrected chi connectivity index (χ3v) is 6.22. The first-order valence-corrected chi connectivity index (χ1v) is 7.16. The Labute approximate surface area is 106 Å². The van der Waals surface area contributed by atoms with E-state index in [1.807, 2.05) is 0 Å². The zero-order valence-electron chi connectivity index (χ0n) is 12.2. The average molecular weight is 239 g/mol. The molecule has 2 bridgehead atoms. The van der Waals surface area contributed by atoms with E-state index in [-0.39, 0.29) is 5.41 Å². The fourth-order valence-corrected chi connectivity index (χ4v) is 4.86. The summed E-state index contributed by atoms with van der Waals surface area (Å²) in [7, 11) is 4.27. The number of nitrogens with zero attached hydrogens (tertiary/aromatic N) is 1. The van der Waals surface area contributed by atoms with Crippen LogP contribution in [0.2, 0.25) is 0 Å². The monoisotopic (exact) mass is 239 g/mol. The van der Waals surface area contributed by atoms with Crippen molar-refractivity contribution in [3.63, 3.8) is 0 Å². The van der Waals surface area contributed by atoms with Crippen LogP contribution < -0.4 is 0 Å². The Balaban J connectivity index is 2.30. The molecule has 0 spiro atoms. The quantitative estimate of drug-likeness (QED) is 0.815. The van der Waals surface area contributed by atoms with Crippen molar-refractivity contribution in [1.29, 1.82) is 0 Å². The van der Waals surface area contributed by atoms with Crippen LogP contribution in [0.3, 0.4) is 0 Å². The molecule has 3 atom stereocenters. The first-order valence-electron chi connectivity index (χ1n) is 7.16. The van der Waals surface area contributed by atoms with Crippen LogP contribution >= 0.6 is 0 Å². The molecule has 0 aromatic carbocycles. The van der Waals surface area contributed by atoms with Gasteiger partial charge in [-0.05, 0) is 64.1 Å². The van der Waals surface area contributed by atoms with Gasteiger partial charge >= 0.3 is 0 Å². The zero-order valence-corrected chi connectivity index (χ0v) is 12.2. The Morgan fingerprint density at radius 2 is 1.94 bits per heavy atom. The van der Waals surface area contributed by atoms with Gasteiger partial charge in [0.05, 0.1) is 5.60 Å². The molecular weight excluding hydrogens is 210 g/mol. The van der Waals surface area contributed by atoms with Gasteiger partial charge in [0.1, 0.15) is 0 Å². The Morgan fingerprint density at radius 3 is 2.41 bits per heavy atom. The van der Waals surface area contributed by atoms with Crippen LogP contribution in [-0.2, 0) is 0 Å². The summed E-state index contributed by atoms with van der Waals surface area (Å²) in [6.07, 6.45) is 5.64. The summed E-state index contributed by atoms with van der Waals surface area (Å²) in [4.78, 5) is 2.26. The fraction of sp³-hybridized carbons (Fsp3) is 1.00. The lowest BCUT2D eigenvalue weighted by atomic mass is 9.60. The van der Waals surface area contributed by atoms with E-state index in [1.54, 1.807) is 0 Å². The highest BCUT2D eigenvalue weighted by atomic mass is 16.3. The van der Waals surface area contributed by atoms with Gasteiger partial charge < -0.3 is 10.0 Å². The molecule has 0 saturated heterocycles. The molecule has 1 N–H and O–H groups in total. The van der Waals surface area contributed by atoms with Gasteiger partial charge in [0.15, 0.2) is 0 Å². The summed E-state index contributed by atoms with van der Waals surface area (Å²) < 4.78 is 0. The third kappa shape index (κ3) is 1.60. The highest BCUT2D eigenvalue weighted by Crippen LogP contribution is 2.71. The summed E-state index contributed by atoms with van der Waals surface area (Å²) in [5.41, 5.74) is 0.0624. The SMILES string of the molecule is CC[C@@]1(O)CC2CC[C@]1(CCN(C)C)C2(C)C. The molecule has 0 aromatic rings. The van der Waals surface area contributed by atoms with E-state index in [2.05, 4.69) is 39.8 Å². The minimum atomic E-state index is -0.407. The molecular formula is C15H29NO. The summed E-state index contributed by atoms with van der Waals surface area (Å²) in [5.74, 6) is 0.731. The van der Waals surface area contributed by atoms with Crippen molar-refractivity contribution >= 4 is 0 Å². The standard InChI is InChI=1S/C15H29NO/c1-6-15(17)11-12-7-8-14(15,13(12,2)3)9-10-16(4)5/h12,17H,6-11H2,1-5H3/t12?,14-,15+/m0/s1. The second-order valence-corrected chi connectivity index (χ2v) is 7.18. The van der Waals surface area contributed by atoms with Crippen LogP contribution in [-0.4, -0.2) is 36.2 Å². The second-order valence-electron chi connectivity index (χ2n) is 7.18. The van der Waals surface area contributed by atoms with Crippen molar-refractivity contribution in [3.05, 3.63) is 0 Å². The first-order chi connectivity index (χ1) is 7.79. The van der Waals surface area contributed by atoms with Crippen molar-refractivity contribution in [3.8, 4) is 0 Å². The van der Waals surface area contributed by atoms with Crippen LogP contribution in [0, 0.1) is 16.7 Å². The summed E-state index contributed by atoms with van der Waals surface area (Å²) in [6, 6.07) is 0. The molecule has 17 heavy (non-hydrogen) atoms. The number of hydrogen-bond acceptors (Lipinski definition) is 2. The number of aliphatic hydroxyl groups is 1. The van der Waals surface area contributed by atoms with Crippen LogP contribution in [0.1, 0.15) is 52.9 Å². The molecule has 2 rings (SSSR count). The predicted octanol–water partition coefficient (Wildman–Crippen LogP) is 2.91. The van der Waals surface area contributed by atoms with Gasteiger partial charge in [-0.2, -0.15) is 0 Å². The Bertz CT molecular complexity index is 299. The molecule has 1 unspecified atom stereocenters. The van der Waals surface area contributed by atoms with Gasteiger partial charge in [0, 0.05) is 5.41 Å². The maximum Gasteiger partial charge on any atom is 0.0709 e. The lowest BCUT2D eigenvalue weighted by Gasteiger charge is -2.48. The molecule has 2 heteroatoms. The van der Waals surface area contributed by atoms with Crippen LogP contribution in [0.15, 0.2) is 0 Å². The largest absolute Gasteiger partial charge is 0.389 e.